The normalized spacial score (nSPS) is 19.5. The Morgan fingerprint density at radius 3 is 2.60 bits per heavy atom. The van der Waals surface area contributed by atoms with Crippen molar-refractivity contribution in [1.29, 1.82) is 0 Å². The Bertz CT molecular complexity index is 1400. The highest BCUT2D eigenvalue weighted by Crippen LogP contribution is 2.37. The van der Waals surface area contributed by atoms with Crippen LogP contribution in [0.5, 0.6) is 17.2 Å². The minimum atomic E-state index is -0.321. The number of carbonyl (C=O) groups excluding carboxylic acids is 1. The predicted octanol–water partition coefficient (Wildman–Crippen LogP) is 3.82. The Kier molecular flexibility index (Phi) is 8.51. The second-order valence-corrected chi connectivity index (χ2v) is 11.7. The highest BCUT2D eigenvalue weighted by atomic mass is 16.5. The largest absolute Gasteiger partial charge is 0.508 e. The predicted molar refractivity (Wildman–Crippen MR) is 161 cm³/mol. The summed E-state index contributed by atoms with van der Waals surface area (Å²) in [4.78, 5) is 20.6. The molecule has 42 heavy (non-hydrogen) atoms. The molecule has 0 radical (unpaired) electrons. The van der Waals surface area contributed by atoms with Crippen LogP contribution in [0.4, 0.5) is 5.69 Å². The van der Waals surface area contributed by atoms with E-state index in [2.05, 4.69) is 34.3 Å². The van der Waals surface area contributed by atoms with Crippen LogP contribution in [0.1, 0.15) is 39.0 Å². The molecule has 3 aliphatic heterocycles. The van der Waals surface area contributed by atoms with Crippen LogP contribution in [0.3, 0.4) is 0 Å². The van der Waals surface area contributed by atoms with Crippen molar-refractivity contribution < 1.29 is 24.5 Å². The summed E-state index contributed by atoms with van der Waals surface area (Å²) < 4.78 is 11.6. The number of anilines is 1. The Hall–Kier alpha value is -3.79. The molecule has 6 rings (SSSR count). The maximum absolute atomic E-state index is 13.9. The fourth-order valence-corrected chi connectivity index (χ4v) is 6.07. The average Bonchev–Trinajstić information content (AvgIpc) is 3.50. The number of nitrogens with one attached hydrogen (secondary N) is 1. The minimum Gasteiger partial charge on any atom is -0.508 e. The number of hydrogen-bond acceptors (Lipinski definition) is 8. The molecule has 9 nitrogen and oxygen atoms in total. The first kappa shape index (κ1) is 28.3. The van der Waals surface area contributed by atoms with Gasteiger partial charge in [-0.25, -0.2) is 0 Å². The lowest BCUT2D eigenvalue weighted by Crippen LogP contribution is -2.44. The zero-order valence-electron chi connectivity index (χ0n) is 24.2. The summed E-state index contributed by atoms with van der Waals surface area (Å²) in [5, 5.41) is 24.7. The van der Waals surface area contributed by atoms with Gasteiger partial charge in [0.2, 0.25) is 0 Å². The molecule has 9 heteroatoms. The number of phenolic OH excluding ortho intramolecular Hbond substituents is 2. The van der Waals surface area contributed by atoms with E-state index in [4.69, 9.17) is 9.47 Å². The fourth-order valence-electron chi connectivity index (χ4n) is 6.07. The third-order valence-corrected chi connectivity index (χ3v) is 8.50. The molecule has 0 spiro atoms. The number of amides is 1. The lowest BCUT2D eigenvalue weighted by atomic mass is 9.94. The molecule has 0 saturated carbocycles. The van der Waals surface area contributed by atoms with Crippen LogP contribution < -0.4 is 10.1 Å². The van der Waals surface area contributed by atoms with E-state index in [9.17, 15) is 15.0 Å². The number of aromatic hydroxyl groups is 2. The number of piperazine rings is 1. The van der Waals surface area contributed by atoms with Gasteiger partial charge in [-0.2, -0.15) is 0 Å². The fraction of sp³-hybridized carbons (Fsp3) is 0.424. The quantitative estimate of drug-likeness (QED) is 0.375. The number of benzene rings is 3. The van der Waals surface area contributed by atoms with Gasteiger partial charge in [-0.3, -0.25) is 9.69 Å². The van der Waals surface area contributed by atoms with Gasteiger partial charge in [-0.1, -0.05) is 36.4 Å². The van der Waals surface area contributed by atoms with Gasteiger partial charge < -0.3 is 34.8 Å². The van der Waals surface area contributed by atoms with E-state index in [-0.39, 0.29) is 41.4 Å². The van der Waals surface area contributed by atoms with Crippen LogP contribution in [-0.4, -0.2) is 89.8 Å². The summed E-state index contributed by atoms with van der Waals surface area (Å²) in [5.41, 5.74) is 5.69. The van der Waals surface area contributed by atoms with E-state index >= 15 is 0 Å². The standard InChI is InChI=1S/C33H40N4O5/c1-35-10-12-36(13-11-35)19-24-15-25-7-9-37(20-28(25)29(16-24)34-26-8-14-41-22-26)33(40)32-30(39)17-27(38)18-31(32)42-21-23-5-3-2-4-6-23/h2-6,15-18,26,34,38-39H,7-14,19-22H2,1H3/t26-/m1/s1. The summed E-state index contributed by atoms with van der Waals surface area (Å²) in [6.45, 7) is 7.73. The number of nitrogens with zero attached hydrogens (tertiary/aromatic N) is 3. The maximum Gasteiger partial charge on any atom is 0.261 e. The Balaban J connectivity index is 1.25. The third-order valence-electron chi connectivity index (χ3n) is 8.50. The number of hydrogen-bond donors (Lipinski definition) is 3. The zero-order valence-corrected chi connectivity index (χ0v) is 24.2. The molecule has 0 aliphatic carbocycles. The molecule has 1 amide bonds. The van der Waals surface area contributed by atoms with Crippen molar-refractivity contribution in [2.45, 2.75) is 38.6 Å². The van der Waals surface area contributed by atoms with Crippen molar-refractivity contribution in [3.05, 3.63) is 82.4 Å². The summed E-state index contributed by atoms with van der Waals surface area (Å²) >= 11 is 0. The second kappa shape index (κ2) is 12.6. The second-order valence-electron chi connectivity index (χ2n) is 11.7. The summed E-state index contributed by atoms with van der Waals surface area (Å²) in [6, 6.07) is 17.0. The van der Waals surface area contributed by atoms with E-state index in [1.54, 1.807) is 4.90 Å². The molecule has 222 valence electrons. The number of carbonyl (C=O) groups is 1. The zero-order chi connectivity index (χ0) is 29.1. The molecule has 0 aromatic heterocycles. The van der Waals surface area contributed by atoms with Gasteiger partial charge in [0.1, 0.15) is 29.4 Å². The highest BCUT2D eigenvalue weighted by Gasteiger charge is 2.30. The molecule has 2 fully saturated rings. The van der Waals surface area contributed by atoms with E-state index < -0.39 is 0 Å². The molecule has 3 aromatic rings. The molecule has 0 unspecified atom stereocenters. The lowest BCUT2D eigenvalue weighted by molar-refractivity contribution is 0.0726. The average molecular weight is 573 g/mol. The molecule has 3 N–H and O–H groups in total. The molecular weight excluding hydrogens is 532 g/mol. The number of likely N-dealkylation sites (N-methyl/N-ethyl adjacent to an activating group) is 1. The summed E-state index contributed by atoms with van der Waals surface area (Å²) in [5.74, 6) is -0.610. The first-order chi connectivity index (χ1) is 20.4. The van der Waals surface area contributed by atoms with Gasteiger partial charge in [0, 0.05) is 70.2 Å². The monoisotopic (exact) mass is 572 g/mol. The van der Waals surface area contributed by atoms with Gasteiger partial charge in [-0.05, 0) is 48.2 Å². The van der Waals surface area contributed by atoms with Crippen LogP contribution in [-0.2, 0) is 30.9 Å². The Morgan fingerprint density at radius 1 is 1.02 bits per heavy atom. The van der Waals surface area contributed by atoms with Crippen LogP contribution in [0.25, 0.3) is 0 Å². The van der Waals surface area contributed by atoms with Crippen molar-refractivity contribution in [2.24, 2.45) is 0 Å². The lowest BCUT2D eigenvalue weighted by Gasteiger charge is -2.34. The first-order valence-electron chi connectivity index (χ1n) is 14.8. The summed E-state index contributed by atoms with van der Waals surface area (Å²) in [6.07, 6.45) is 1.66. The molecular formula is C33H40N4O5. The first-order valence-corrected chi connectivity index (χ1v) is 14.8. The molecule has 3 aromatic carbocycles. The summed E-state index contributed by atoms with van der Waals surface area (Å²) in [7, 11) is 2.17. The number of rotatable bonds is 8. The molecule has 1 atom stereocenters. The van der Waals surface area contributed by atoms with Crippen LogP contribution >= 0.6 is 0 Å². The number of fused-ring (bicyclic) bond motifs is 1. The van der Waals surface area contributed by atoms with Gasteiger partial charge in [0.05, 0.1) is 12.6 Å². The molecule has 2 saturated heterocycles. The van der Waals surface area contributed by atoms with E-state index in [1.165, 1.54) is 23.3 Å². The van der Waals surface area contributed by atoms with Crippen molar-refractivity contribution in [1.82, 2.24) is 14.7 Å². The smallest absolute Gasteiger partial charge is 0.261 e. The SMILES string of the molecule is CN1CCN(Cc2cc3c(c(N[C@@H]4CCOC4)c2)CN(C(=O)c2c(O)cc(O)cc2OCc2ccccc2)CC3)CC1. The van der Waals surface area contributed by atoms with Crippen LogP contribution in [0.2, 0.25) is 0 Å². The molecule has 0 bridgehead atoms. The molecule has 3 heterocycles. The van der Waals surface area contributed by atoms with Gasteiger partial charge in [0.25, 0.3) is 5.91 Å². The minimum absolute atomic E-state index is 0.0672. The van der Waals surface area contributed by atoms with Gasteiger partial charge >= 0.3 is 0 Å². The topological polar surface area (TPSA) is 97.7 Å². The van der Waals surface area contributed by atoms with Crippen molar-refractivity contribution in [3.8, 4) is 17.2 Å². The van der Waals surface area contributed by atoms with Crippen molar-refractivity contribution in [2.75, 3.05) is 58.3 Å². The number of ether oxygens (including phenoxy) is 2. The van der Waals surface area contributed by atoms with Crippen LogP contribution in [0.15, 0.2) is 54.6 Å². The third kappa shape index (κ3) is 6.48. The maximum atomic E-state index is 13.9. The Labute approximate surface area is 247 Å². The Morgan fingerprint density at radius 2 is 1.83 bits per heavy atom. The van der Waals surface area contributed by atoms with Crippen molar-refractivity contribution in [3.63, 3.8) is 0 Å². The van der Waals surface area contributed by atoms with Crippen LogP contribution in [0, 0.1) is 0 Å². The van der Waals surface area contributed by atoms with Crippen molar-refractivity contribution >= 4 is 11.6 Å². The van der Waals surface area contributed by atoms with Gasteiger partial charge in [0.15, 0.2) is 0 Å². The highest BCUT2D eigenvalue weighted by molar-refractivity contribution is 6.00. The van der Waals surface area contributed by atoms with Gasteiger partial charge in [-0.15, -0.1) is 0 Å². The molecule has 3 aliphatic rings. The van der Waals surface area contributed by atoms with E-state index in [1.807, 2.05) is 30.3 Å². The van der Waals surface area contributed by atoms with E-state index in [0.717, 1.165) is 62.6 Å². The van der Waals surface area contributed by atoms with E-state index in [0.29, 0.717) is 26.1 Å². The number of phenols is 2.